The predicted octanol–water partition coefficient (Wildman–Crippen LogP) is 0.216. The van der Waals surface area contributed by atoms with Gasteiger partial charge in [0, 0.05) is 11.3 Å². The fourth-order valence-electron chi connectivity index (χ4n) is 1.34. The maximum absolute atomic E-state index is 11.2. The summed E-state index contributed by atoms with van der Waals surface area (Å²) >= 11 is 1.93. The first-order valence-electron chi connectivity index (χ1n) is 4.29. The summed E-state index contributed by atoms with van der Waals surface area (Å²) in [6.07, 6.45) is 1.11. The second-order valence-electron chi connectivity index (χ2n) is 3.07. The van der Waals surface area contributed by atoms with Crippen LogP contribution in [0, 0.1) is 0 Å². The molecule has 0 aromatic rings. The Balaban J connectivity index is 2.25. The molecule has 1 rings (SSSR count). The van der Waals surface area contributed by atoms with E-state index < -0.39 is 0 Å². The maximum Gasteiger partial charge on any atom is 0.234 e. The molecule has 1 fully saturated rings. The van der Waals surface area contributed by atoms with Crippen molar-refractivity contribution in [2.75, 3.05) is 19.3 Å². The molecule has 1 saturated heterocycles. The Morgan fingerprint density at radius 1 is 1.67 bits per heavy atom. The SMILES string of the molecule is CNCC(=O)NC1CCSC1C. The number of likely N-dealkylation sites (N-methyl/N-ethyl adjacent to an activating group) is 1. The van der Waals surface area contributed by atoms with Crippen LogP contribution in [-0.2, 0) is 4.79 Å². The average Bonchev–Trinajstić information content (AvgIpc) is 2.37. The van der Waals surface area contributed by atoms with Crippen LogP contribution in [0.5, 0.6) is 0 Å². The third-order valence-corrected chi connectivity index (χ3v) is 3.39. The molecule has 0 saturated carbocycles. The Hall–Kier alpha value is -0.220. The van der Waals surface area contributed by atoms with Crippen LogP contribution in [0.4, 0.5) is 0 Å². The smallest absolute Gasteiger partial charge is 0.234 e. The number of carbonyl (C=O) groups excluding carboxylic acids is 1. The van der Waals surface area contributed by atoms with E-state index in [0.717, 1.165) is 6.42 Å². The van der Waals surface area contributed by atoms with Crippen molar-refractivity contribution in [3.63, 3.8) is 0 Å². The van der Waals surface area contributed by atoms with Gasteiger partial charge in [-0.2, -0.15) is 11.8 Å². The molecule has 0 radical (unpaired) electrons. The van der Waals surface area contributed by atoms with E-state index in [1.807, 2.05) is 11.8 Å². The summed E-state index contributed by atoms with van der Waals surface area (Å²) in [6, 6.07) is 0.385. The van der Waals surface area contributed by atoms with E-state index in [2.05, 4.69) is 17.6 Å². The van der Waals surface area contributed by atoms with Gasteiger partial charge in [-0.15, -0.1) is 0 Å². The summed E-state index contributed by atoms with van der Waals surface area (Å²) in [5.41, 5.74) is 0. The molecular weight excluding hydrogens is 172 g/mol. The first kappa shape index (κ1) is 9.86. The van der Waals surface area contributed by atoms with Gasteiger partial charge >= 0.3 is 0 Å². The minimum atomic E-state index is 0.108. The van der Waals surface area contributed by atoms with E-state index in [4.69, 9.17) is 0 Å². The van der Waals surface area contributed by atoms with Crippen molar-refractivity contribution in [1.29, 1.82) is 0 Å². The van der Waals surface area contributed by atoms with E-state index >= 15 is 0 Å². The van der Waals surface area contributed by atoms with Crippen LogP contribution in [0.15, 0.2) is 0 Å². The molecule has 0 bridgehead atoms. The number of hydrogen-bond donors (Lipinski definition) is 2. The maximum atomic E-state index is 11.2. The second-order valence-corrected chi connectivity index (χ2v) is 4.55. The summed E-state index contributed by atoms with van der Waals surface area (Å²) in [7, 11) is 1.78. The normalized spacial score (nSPS) is 28.8. The minimum absolute atomic E-state index is 0.108. The Labute approximate surface area is 77.7 Å². The first-order valence-corrected chi connectivity index (χ1v) is 5.34. The highest BCUT2D eigenvalue weighted by atomic mass is 32.2. The van der Waals surface area contributed by atoms with Crippen LogP contribution in [0.3, 0.4) is 0 Å². The van der Waals surface area contributed by atoms with Gasteiger partial charge in [-0.3, -0.25) is 4.79 Å². The van der Waals surface area contributed by atoms with E-state index in [-0.39, 0.29) is 5.91 Å². The van der Waals surface area contributed by atoms with Crippen molar-refractivity contribution in [1.82, 2.24) is 10.6 Å². The molecule has 1 aliphatic rings. The van der Waals surface area contributed by atoms with Gasteiger partial charge in [0.2, 0.25) is 5.91 Å². The van der Waals surface area contributed by atoms with Gasteiger partial charge < -0.3 is 10.6 Å². The molecule has 1 heterocycles. The highest BCUT2D eigenvalue weighted by molar-refractivity contribution is 8.00. The van der Waals surface area contributed by atoms with Gasteiger partial charge in [0.15, 0.2) is 0 Å². The number of nitrogens with one attached hydrogen (secondary N) is 2. The number of carbonyl (C=O) groups is 1. The Bertz CT molecular complexity index is 163. The fraction of sp³-hybridized carbons (Fsp3) is 0.875. The van der Waals surface area contributed by atoms with E-state index in [0.29, 0.717) is 17.8 Å². The molecule has 4 heteroatoms. The van der Waals surface area contributed by atoms with Crippen molar-refractivity contribution in [2.45, 2.75) is 24.6 Å². The zero-order valence-electron chi connectivity index (χ0n) is 7.59. The molecule has 0 aromatic heterocycles. The molecule has 0 spiro atoms. The molecule has 2 unspecified atom stereocenters. The van der Waals surface area contributed by atoms with Crippen LogP contribution < -0.4 is 10.6 Å². The Morgan fingerprint density at radius 3 is 2.92 bits per heavy atom. The molecule has 1 aliphatic heterocycles. The number of rotatable bonds is 3. The number of hydrogen-bond acceptors (Lipinski definition) is 3. The van der Waals surface area contributed by atoms with Crippen molar-refractivity contribution in [2.24, 2.45) is 0 Å². The molecule has 70 valence electrons. The lowest BCUT2D eigenvalue weighted by molar-refractivity contribution is -0.120. The summed E-state index contributed by atoms with van der Waals surface area (Å²) in [5.74, 6) is 1.28. The average molecular weight is 188 g/mol. The van der Waals surface area contributed by atoms with E-state index in [1.165, 1.54) is 5.75 Å². The molecule has 0 aliphatic carbocycles. The monoisotopic (exact) mass is 188 g/mol. The fourth-order valence-corrected chi connectivity index (χ4v) is 2.54. The highest BCUT2D eigenvalue weighted by Crippen LogP contribution is 2.25. The van der Waals surface area contributed by atoms with E-state index in [1.54, 1.807) is 7.05 Å². The summed E-state index contributed by atoms with van der Waals surface area (Å²) in [5, 5.41) is 6.42. The van der Waals surface area contributed by atoms with Gasteiger partial charge in [0.25, 0.3) is 0 Å². The Morgan fingerprint density at radius 2 is 2.42 bits per heavy atom. The standard InChI is InChI=1S/C8H16N2OS/c1-6-7(3-4-12-6)10-8(11)5-9-2/h6-7,9H,3-5H2,1-2H3,(H,10,11). The van der Waals surface area contributed by atoms with Crippen molar-refractivity contribution >= 4 is 17.7 Å². The lowest BCUT2D eigenvalue weighted by Crippen LogP contribution is -2.42. The molecular formula is C8H16N2OS. The summed E-state index contributed by atoms with van der Waals surface area (Å²) in [6.45, 7) is 2.59. The summed E-state index contributed by atoms with van der Waals surface area (Å²) < 4.78 is 0. The van der Waals surface area contributed by atoms with Gasteiger partial charge in [-0.1, -0.05) is 6.92 Å². The highest BCUT2D eigenvalue weighted by Gasteiger charge is 2.24. The molecule has 2 N–H and O–H groups in total. The van der Waals surface area contributed by atoms with Crippen LogP contribution >= 0.6 is 11.8 Å². The quantitative estimate of drug-likeness (QED) is 0.665. The Kier molecular flexibility index (Phi) is 3.88. The third kappa shape index (κ3) is 2.68. The van der Waals surface area contributed by atoms with Gasteiger partial charge in [0.1, 0.15) is 0 Å². The second kappa shape index (κ2) is 4.72. The van der Waals surface area contributed by atoms with Crippen LogP contribution in [0.25, 0.3) is 0 Å². The van der Waals surface area contributed by atoms with Crippen molar-refractivity contribution in [3.05, 3.63) is 0 Å². The van der Waals surface area contributed by atoms with Gasteiger partial charge in [-0.05, 0) is 19.2 Å². The molecule has 2 atom stereocenters. The first-order chi connectivity index (χ1) is 5.74. The number of amides is 1. The molecule has 12 heavy (non-hydrogen) atoms. The topological polar surface area (TPSA) is 41.1 Å². The zero-order chi connectivity index (χ0) is 8.97. The molecule has 3 nitrogen and oxygen atoms in total. The summed E-state index contributed by atoms with van der Waals surface area (Å²) in [4.78, 5) is 11.2. The predicted molar refractivity (Wildman–Crippen MR) is 52.4 cm³/mol. The zero-order valence-corrected chi connectivity index (χ0v) is 8.41. The van der Waals surface area contributed by atoms with Crippen LogP contribution in [0.2, 0.25) is 0 Å². The van der Waals surface area contributed by atoms with Crippen LogP contribution in [0.1, 0.15) is 13.3 Å². The van der Waals surface area contributed by atoms with Crippen molar-refractivity contribution in [3.8, 4) is 0 Å². The number of thioether (sulfide) groups is 1. The lowest BCUT2D eigenvalue weighted by atomic mass is 10.2. The van der Waals surface area contributed by atoms with Crippen LogP contribution in [-0.4, -0.2) is 36.5 Å². The largest absolute Gasteiger partial charge is 0.351 e. The van der Waals surface area contributed by atoms with E-state index in [9.17, 15) is 4.79 Å². The van der Waals surface area contributed by atoms with Gasteiger partial charge in [-0.25, -0.2) is 0 Å². The lowest BCUT2D eigenvalue weighted by Gasteiger charge is -2.15. The third-order valence-electron chi connectivity index (χ3n) is 2.06. The van der Waals surface area contributed by atoms with Crippen molar-refractivity contribution < 1.29 is 4.79 Å². The molecule has 0 aromatic carbocycles. The van der Waals surface area contributed by atoms with Gasteiger partial charge in [0.05, 0.1) is 6.54 Å². The molecule has 1 amide bonds. The minimum Gasteiger partial charge on any atom is -0.351 e.